The van der Waals surface area contributed by atoms with Gasteiger partial charge in [0.2, 0.25) is 15.9 Å². The summed E-state index contributed by atoms with van der Waals surface area (Å²) in [6.07, 6.45) is 7.73. The third kappa shape index (κ3) is 27.0. The number of Topliss-reactive ketones (excluding diaryl/α,β-unsaturated/α-hetero) is 4. The van der Waals surface area contributed by atoms with Gasteiger partial charge in [-0.1, -0.05) is 221 Å². The number of nitrogens with zero attached hydrogens (tertiary/aromatic N) is 5. The molecule has 5 heterocycles. The fraction of sp³-hybridized carbons (Fsp3) is 0.214. The van der Waals surface area contributed by atoms with Crippen LogP contribution in [0.2, 0.25) is 0 Å². The topological polar surface area (TPSA) is 567 Å². The Bertz CT molecular complexity index is 7960. The third-order valence-corrected chi connectivity index (χ3v) is 25.2. The normalized spacial score (nSPS) is 11.0. The number of nitrogens with two attached hydrogens (primary N) is 5. The number of ketones is 4. The lowest BCUT2D eigenvalue weighted by atomic mass is 10.0. The highest BCUT2D eigenvalue weighted by molar-refractivity contribution is 7.89. The number of aromatic nitrogens is 5. The first-order valence-corrected chi connectivity index (χ1v) is 49.0. The molecule has 0 spiro atoms. The summed E-state index contributed by atoms with van der Waals surface area (Å²) in [7, 11) is -3.74. The minimum Gasteiger partial charge on any atom is -0.483 e. The minimum atomic E-state index is -3.74. The number of carboxylic acids is 4. The van der Waals surface area contributed by atoms with E-state index in [1.54, 1.807) is 99.1 Å². The van der Waals surface area contributed by atoms with E-state index in [0.717, 1.165) is 97.3 Å². The first-order valence-electron chi connectivity index (χ1n) is 47.1. The van der Waals surface area contributed by atoms with Crippen molar-refractivity contribution in [2.24, 2.45) is 28.7 Å². The Morgan fingerprint density at radius 3 is 0.966 bits per heavy atom. The maximum absolute atomic E-state index is 12.7. The number of carboxylic acid groups (broad SMARTS) is 4. The quantitative estimate of drug-likeness (QED) is 0.00965. The molecule has 770 valence electrons. The maximum Gasteiger partial charge on any atom is 0.341 e. The molecular formula is C112H111N11O25S. The van der Waals surface area contributed by atoms with E-state index in [2.05, 4.69) is 17.6 Å². The molecule has 0 fully saturated rings. The number of benzene rings is 11. The van der Waals surface area contributed by atoms with Gasteiger partial charge in [0, 0.05) is 66.6 Å². The van der Waals surface area contributed by atoms with Gasteiger partial charge in [0.15, 0.2) is 33.0 Å². The van der Waals surface area contributed by atoms with E-state index >= 15 is 0 Å². The molecule has 0 bridgehead atoms. The van der Waals surface area contributed by atoms with Gasteiger partial charge in [-0.15, -0.1) is 0 Å². The smallest absolute Gasteiger partial charge is 0.341 e. The number of hydrogen-bond acceptors (Lipinski definition) is 21. The van der Waals surface area contributed by atoms with Gasteiger partial charge >= 0.3 is 23.9 Å². The molecule has 15 N–H and O–H groups in total. The second-order valence-electron chi connectivity index (χ2n) is 34.9. The van der Waals surface area contributed by atoms with E-state index in [1.807, 2.05) is 195 Å². The highest BCUT2D eigenvalue weighted by Crippen LogP contribution is 2.42. The van der Waals surface area contributed by atoms with Crippen LogP contribution in [0.3, 0.4) is 0 Å². The van der Waals surface area contributed by atoms with Crippen molar-refractivity contribution in [3.8, 4) is 39.9 Å². The Morgan fingerprint density at radius 2 is 0.604 bits per heavy atom. The molecule has 0 aliphatic heterocycles. The number of amides is 6. The SMILES string of the molecule is CCCCCCCCn1c(C)c(C(=O)C(N)=O)c2c(OCC(=O)O)cccc21.Cc1c(C(=O)C(N)=O)c2c(OCC(=O)NS(C)(=O)=O)cccc2n1Cc1ccccc1.Cc1c(C(=O)C(N)=O)c2c(OCC(=O)O)cccc2n1Cc1ccc(-c2ccccc2)cc1.Cc1c(C(=O)C(N)=O)c2c(OCC(=O)O)cccc2n1Cc1ccc2ccccc2c1.Cc1c(CC(N)=O)c2c(OCC(=O)O)cccc2n1Cc1ccccc1. The van der Waals surface area contributed by atoms with Crippen molar-refractivity contribution in [2.75, 3.05) is 39.3 Å². The van der Waals surface area contributed by atoms with Crippen molar-refractivity contribution in [3.63, 3.8) is 0 Å². The molecule has 0 saturated heterocycles. The van der Waals surface area contributed by atoms with Gasteiger partial charge < -0.3 is 95.6 Å². The Balaban J connectivity index is 0.000000166. The molecule has 149 heavy (non-hydrogen) atoms. The molecule has 37 heteroatoms. The van der Waals surface area contributed by atoms with E-state index in [0.29, 0.717) is 99.3 Å². The monoisotopic (exact) mass is 2040 g/mol. The van der Waals surface area contributed by atoms with Crippen molar-refractivity contribution in [1.82, 2.24) is 27.6 Å². The summed E-state index contributed by atoms with van der Waals surface area (Å²) >= 11 is 0. The molecule has 16 rings (SSSR count). The number of fused-ring (bicyclic) bond motifs is 6. The van der Waals surface area contributed by atoms with E-state index in [1.165, 1.54) is 25.3 Å². The second kappa shape index (κ2) is 49.8. The van der Waals surface area contributed by atoms with Gasteiger partial charge in [0.05, 0.1) is 84.1 Å². The van der Waals surface area contributed by atoms with Crippen LogP contribution in [-0.4, -0.2) is 173 Å². The fourth-order valence-corrected chi connectivity index (χ4v) is 18.4. The van der Waals surface area contributed by atoms with Gasteiger partial charge in [-0.25, -0.2) is 27.6 Å². The van der Waals surface area contributed by atoms with Crippen molar-refractivity contribution in [1.29, 1.82) is 0 Å². The summed E-state index contributed by atoms with van der Waals surface area (Å²) in [5.41, 5.74) is 40.8. The molecule has 11 aromatic carbocycles. The number of nitrogens with one attached hydrogen (secondary N) is 1. The molecule has 0 atom stereocenters. The van der Waals surface area contributed by atoms with Gasteiger partial charge in [-0.05, 0) is 157 Å². The van der Waals surface area contributed by atoms with Gasteiger partial charge in [0.25, 0.3) is 52.7 Å². The largest absolute Gasteiger partial charge is 0.483 e. The zero-order chi connectivity index (χ0) is 108. The zero-order valence-electron chi connectivity index (χ0n) is 82.6. The lowest BCUT2D eigenvalue weighted by Crippen LogP contribution is -2.33. The standard InChI is InChI=1S/C26H22N2O5.C24H20N2O5.C21H21N3O6S.C21H28N2O5.C20H20N2O4/c1-16-23(25(31)26(27)32)24-20(8-5-9-21(24)33-15-22(29)30)28(16)14-17-10-12-19(13-11-17)18-6-3-2-4-7-18;1-14-21(23(29)24(25)30)22-18(7-4-8-19(22)31-13-20(27)28)26(14)12-15-9-10-16-5-2-3-6-17(16)11-15;1-13-18(20(26)21(22)27)19-15(24(13)11-14-7-4-3-5-8-14)9-6-10-16(19)30-12-17(25)23-31(2,28)29;1-3-4-5-6-7-8-12-23-14(2)18(20(26)21(22)27)19-15(23)10-9-11-16(19)28-13-17(24)25;1-13-15(10-18(21)23)20-16(8-5-9-17(20)26-12-19(24)25)22(13)11-14-6-3-2-4-7-14/h2-13H,14-15H2,1H3,(H2,27,32)(H,29,30);2-11H,12-13H2,1H3,(H2,25,30)(H,27,28);3-10H,11-12H2,1-2H3,(H2,22,27)(H,23,25);9-11H,3-8,12-13H2,1-2H3,(H2,22,27)(H,24,25);2-9H,10-12H2,1H3,(H2,21,23)(H,24,25). The van der Waals surface area contributed by atoms with Crippen LogP contribution in [-0.2, 0) is 97.1 Å². The molecule has 0 saturated carbocycles. The molecule has 0 aliphatic carbocycles. The Morgan fingerprint density at radius 1 is 0.309 bits per heavy atom. The summed E-state index contributed by atoms with van der Waals surface area (Å²) < 4.78 is 61.2. The van der Waals surface area contributed by atoms with Crippen LogP contribution in [0.25, 0.3) is 76.4 Å². The van der Waals surface area contributed by atoms with Crippen LogP contribution >= 0.6 is 0 Å². The molecule has 0 unspecified atom stereocenters. The fourth-order valence-electron chi connectivity index (χ4n) is 17.9. The molecule has 6 amide bonds. The van der Waals surface area contributed by atoms with Crippen LogP contribution in [0.1, 0.15) is 143 Å². The van der Waals surface area contributed by atoms with Crippen molar-refractivity contribution >= 4 is 158 Å². The van der Waals surface area contributed by atoms with Gasteiger partial charge in [-0.3, -0.25) is 52.7 Å². The van der Waals surface area contributed by atoms with E-state index in [9.17, 15) is 75.5 Å². The van der Waals surface area contributed by atoms with E-state index in [-0.39, 0.29) is 51.7 Å². The molecule has 0 aliphatic rings. The Labute approximate surface area is 854 Å². The summed E-state index contributed by atoms with van der Waals surface area (Å²) in [6.45, 7) is 10.9. The number of unbranched alkanes of at least 4 members (excludes halogenated alkanes) is 5. The van der Waals surface area contributed by atoms with E-state index < -0.39 is 126 Å². The third-order valence-electron chi connectivity index (χ3n) is 24.6. The first kappa shape index (κ1) is 110. The molecule has 5 aromatic heterocycles. The van der Waals surface area contributed by atoms with Gasteiger partial charge in [-0.2, -0.15) is 0 Å². The molecular weight excluding hydrogens is 1930 g/mol. The number of aryl methyl sites for hydroxylation is 1. The lowest BCUT2D eigenvalue weighted by molar-refractivity contribution is -0.140. The maximum atomic E-state index is 12.7. The summed E-state index contributed by atoms with van der Waals surface area (Å²) in [5.74, 6) is -12.2. The Hall–Kier alpha value is -18.3. The number of hydrogen-bond donors (Lipinski definition) is 10. The van der Waals surface area contributed by atoms with Crippen molar-refractivity contribution in [2.45, 2.75) is 119 Å². The highest BCUT2D eigenvalue weighted by atomic mass is 32.2. The lowest BCUT2D eigenvalue weighted by Gasteiger charge is -2.10. The molecule has 0 radical (unpaired) electrons. The van der Waals surface area contributed by atoms with Gasteiger partial charge in [0.1, 0.15) is 28.7 Å². The second-order valence-corrected chi connectivity index (χ2v) is 36.6. The predicted octanol–water partition coefficient (Wildman–Crippen LogP) is 14.1. The average molecular weight is 2040 g/mol. The molecule has 36 nitrogen and oxygen atoms in total. The van der Waals surface area contributed by atoms with Crippen molar-refractivity contribution in [3.05, 3.63) is 327 Å². The van der Waals surface area contributed by atoms with Crippen LogP contribution in [0.4, 0.5) is 0 Å². The first-order chi connectivity index (χ1) is 71.2. The van der Waals surface area contributed by atoms with Crippen LogP contribution in [0.5, 0.6) is 28.7 Å². The van der Waals surface area contributed by atoms with Crippen LogP contribution in [0, 0.1) is 34.6 Å². The number of primary amides is 5. The number of sulfonamides is 1. The number of aliphatic carboxylic acids is 4. The summed E-state index contributed by atoms with van der Waals surface area (Å²) in [5, 5.41) is 40.3. The number of carbonyl (C=O) groups excluding carboxylic acids is 10. The van der Waals surface area contributed by atoms with Crippen molar-refractivity contribution < 1.29 is 120 Å². The summed E-state index contributed by atoms with van der Waals surface area (Å²) in [6, 6.07) is 77.5. The average Bonchev–Trinajstić information content (AvgIpc) is 1.59. The molecule has 16 aromatic rings. The van der Waals surface area contributed by atoms with E-state index in [4.69, 9.17) is 72.8 Å². The zero-order valence-corrected chi connectivity index (χ0v) is 83.4. The number of ether oxygens (including phenoxy) is 5. The number of carbonyl (C=O) groups is 14. The Kier molecular flexibility index (Phi) is 36.6. The van der Waals surface area contributed by atoms with Crippen LogP contribution < -0.4 is 57.1 Å². The van der Waals surface area contributed by atoms with Crippen LogP contribution in [0.15, 0.2) is 249 Å². The summed E-state index contributed by atoms with van der Waals surface area (Å²) in [4.78, 5) is 164. The number of rotatable bonds is 42. The minimum absolute atomic E-state index is 0.0670. The highest BCUT2D eigenvalue weighted by Gasteiger charge is 2.33. The predicted molar refractivity (Wildman–Crippen MR) is 560 cm³/mol.